The van der Waals surface area contributed by atoms with E-state index in [2.05, 4.69) is 23.2 Å². The Morgan fingerprint density at radius 3 is 2.62 bits per heavy atom. The Bertz CT molecular complexity index is 334. The minimum atomic E-state index is -0.301. The lowest BCUT2D eigenvalue weighted by Gasteiger charge is -2.34. The lowest BCUT2D eigenvalue weighted by molar-refractivity contribution is 0.147. The van der Waals surface area contributed by atoms with Crippen molar-refractivity contribution >= 4 is 0 Å². The summed E-state index contributed by atoms with van der Waals surface area (Å²) < 4.78 is 13.2. The van der Waals surface area contributed by atoms with Gasteiger partial charge in [0.05, 0.1) is 6.04 Å². The molecule has 88 valence electrons. The van der Waals surface area contributed by atoms with Crippen molar-refractivity contribution < 1.29 is 4.39 Å². The van der Waals surface area contributed by atoms with Crippen LogP contribution in [0.5, 0.6) is 0 Å². The van der Waals surface area contributed by atoms with Gasteiger partial charge in [-0.05, 0) is 18.1 Å². The SMILES string of the molecule is Cc1ccccc1[C@H](CF)N1CCNCC1. The fourth-order valence-corrected chi connectivity index (χ4v) is 2.33. The normalized spacial score (nSPS) is 19.6. The molecule has 1 heterocycles. The van der Waals surface area contributed by atoms with E-state index in [1.54, 1.807) is 0 Å². The van der Waals surface area contributed by atoms with Gasteiger partial charge in [0.1, 0.15) is 6.67 Å². The smallest absolute Gasteiger partial charge is 0.109 e. The third-order valence-corrected chi connectivity index (χ3v) is 3.29. The largest absolute Gasteiger partial charge is 0.314 e. The number of hydrogen-bond acceptors (Lipinski definition) is 2. The Kier molecular flexibility index (Phi) is 3.91. The van der Waals surface area contributed by atoms with Crippen LogP contribution in [0.15, 0.2) is 24.3 Å². The molecule has 0 saturated carbocycles. The van der Waals surface area contributed by atoms with Gasteiger partial charge in [-0.25, -0.2) is 4.39 Å². The standard InChI is InChI=1S/C13H19FN2/c1-11-4-2-3-5-12(11)13(10-14)16-8-6-15-7-9-16/h2-5,13,15H,6-10H2,1H3/t13-/m0/s1. The minimum absolute atomic E-state index is 0.0664. The zero-order chi connectivity index (χ0) is 11.4. The van der Waals surface area contributed by atoms with Gasteiger partial charge in [-0.2, -0.15) is 0 Å². The van der Waals surface area contributed by atoms with Crippen molar-refractivity contribution in [3.63, 3.8) is 0 Å². The molecule has 2 nitrogen and oxygen atoms in total. The molecular weight excluding hydrogens is 203 g/mol. The van der Waals surface area contributed by atoms with E-state index >= 15 is 0 Å². The Labute approximate surface area is 96.5 Å². The lowest BCUT2D eigenvalue weighted by atomic mass is 10.0. The molecule has 1 N–H and O–H groups in total. The van der Waals surface area contributed by atoms with Crippen LogP contribution >= 0.6 is 0 Å². The summed E-state index contributed by atoms with van der Waals surface area (Å²) >= 11 is 0. The molecule has 1 saturated heterocycles. The third kappa shape index (κ3) is 2.42. The Morgan fingerprint density at radius 1 is 1.31 bits per heavy atom. The maximum absolute atomic E-state index is 13.2. The van der Waals surface area contributed by atoms with Gasteiger partial charge >= 0.3 is 0 Å². The number of aryl methyl sites for hydroxylation is 1. The van der Waals surface area contributed by atoms with Gasteiger partial charge in [-0.15, -0.1) is 0 Å². The van der Waals surface area contributed by atoms with Crippen LogP contribution in [0.3, 0.4) is 0 Å². The first kappa shape index (κ1) is 11.6. The number of alkyl halides is 1. The van der Waals surface area contributed by atoms with E-state index in [1.807, 2.05) is 18.2 Å². The van der Waals surface area contributed by atoms with Crippen LogP contribution in [0.2, 0.25) is 0 Å². The van der Waals surface area contributed by atoms with E-state index in [0.717, 1.165) is 31.7 Å². The van der Waals surface area contributed by atoms with Gasteiger partial charge in [0, 0.05) is 26.2 Å². The number of halogens is 1. The quantitative estimate of drug-likeness (QED) is 0.840. The molecule has 1 aliphatic rings. The van der Waals surface area contributed by atoms with Gasteiger partial charge in [-0.3, -0.25) is 4.90 Å². The van der Waals surface area contributed by atoms with E-state index in [0.29, 0.717) is 0 Å². The van der Waals surface area contributed by atoms with Gasteiger partial charge in [0.15, 0.2) is 0 Å². The fourth-order valence-electron chi connectivity index (χ4n) is 2.33. The summed E-state index contributed by atoms with van der Waals surface area (Å²) in [6, 6.07) is 8.03. The zero-order valence-electron chi connectivity index (χ0n) is 9.75. The van der Waals surface area contributed by atoms with Crippen LogP contribution in [0.4, 0.5) is 4.39 Å². The summed E-state index contributed by atoms with van der Waals surface area (Å²) in [4.78, 5) is 2.23. The molecule has 0 aromatic heterocycles. The second-order valence-electron chi connectivity index (χ2n) is 4.31. The van der Waals surface area contributed by atoms with Gasteiger partial charge < -0.3 is 5.32 Å². The number of nitrogens with one attached hydrogen (secondary N) is 1. The number of piperazine rings is 1. The maximum Gasteiger partial charge on any atom is 0.109 e. The molecule has 1 fully saturated rings. The van der Waals surface area contributed by atoms with Crippen molar-refractivity contribution in [1.82, 2.24) is 10.2 Å². The Hall–Kier alpha value is -0.930. The monoisotopic (exact) mass is 222 g/mol. The average Bonchev–Trinajstić information content (AvgIpc) is 2.34. The predicted molar refractivity (Wildman–Crippen MR) is 64.3 cm³/mol. The molecule has 1 aromatic rings. The Balaban J connectivity index is 2.18. The summed E-state index contributed by atoms with van der Waals surface area (Å²) in [5.74, 6) is 0. The minimum Gasteiger partial charge on any atom is -0.314 e. The molecular formula is C13H19FN2. The molecule has 16 heavy (non-hydrogen) atoms. The highest BCUT2D eigenvalue weighted by atomic mass is 19.1. The average molecular weight is 222 g/mol. The summed E-state index contributed by atoms with van der Waals surface area (Å²) in [6.45, 7) is 5.54. The van der Waals surface area contributed by atoms with Crippen LogP contribution < -0.4 is 5.32 Å². The van der Waals surface area contributed by atoms with Crippen molar-refractivity contribution in [3.8, 4) is 0 Å². The fraction of sp³-hybridized carbons (Fsp3) is 0.538. The first-order chi connectivity index (χ1) is 7.83. The topological polar surface area (TPSA) is 15.3 Å². The molecule has 0 amide bonds. The third-order valence-electron chi connectivity index (χ3n) is 3.29. The van der Waals surface area contributed by atoms with E-state index in [9.17, 15) is 4.39 Å². The summed E-state index contributed by atoms with van der Waals surface area (Å²) in [5.41, 5.74) is 2.32. The molecule has 0 unspecified atom stereocenters. The van der Waals surface area contributed by atoms with Crippen LogP contribution in [0.1, 0.15) is 17.2 Å². The van der Waals surface area contributed by atoms with Crippen molar-refractivity contribution in [2.45, 2.75) is 13.0 Å². The molecule has 3 heteroatoms. The van der Waals surface area contributed by atoms with Crippen LogP contribution in [-0.4, -0.2) is 37.8 Å². The van der Waals surface area contributed by atoms with Crippen molar-refractivity contribution in [1.29, 1.82) is 0 Å². The molecule has 0 aliphatic carbocycles. The number of rotatable bonds is 3. The zero-order valence-corrected chi connectivity index (χ0v) is 9.75. The number of hydrogen-bond donors (Lipinski definition) is 1. The first-order valence-corrected chi connectivity index (χ1v) is 5.89. The molecule has 1 atom stereocenters. The Morgan fingerprint density at radius 2 is 2.00 bits per heavy atom. The highest BCUT2D eigenvalue weighted by Crippen LogP contribution is 2.24. The summed E-state index contributed by atoms with van der Waals surface area (Å²) in [6.07, 6.45) is 0. The lowest BCUT2D eigenvalue weighted by Crippen LogP contribution is -2.45. The highest BCUT2D eigenvalue weighted by Gasteiger charge is 2.22. The second kappa shape index (κ2) is 5.41. The molecule has 2 rings (SSSR count). The van der Waals surface area contributed by atoms with E-state index in [-0.39, 0.29) is 12.7 Å². The van der Waals surface area contributed by atoms with Crippen LogP contribution in [0.25, 0.3) is 0 Å². The van der Waals surface area contributed by atoms with Gasteiger partial charge in [0.25, 0.3) is 0 Å². The first-order valence-electron chi connectivity index (χ1n) is 5.89. The molecule has 0 radical (unpaired) electrons. The molecule has 1 aliphatic heterocycles. The molecule has 0 spiro atoms. The number of benzene rings is 1. The second-order valence-corrected chi connectivity index (χ2v) is 4.31. The summed E-state index contributed by atoms with van der Waals surface area (Å²) in [5, 5.41) is 3.30. The summed E-state index contributed by atoms with van der Waals surface area (Å²) in [7, 11) is 0. The molecule has 0 bridgehead atoms. The predicted octanol–water partition coefficient (Wildman–Crippen LogP) is 1.91. The van der Waals surface area contributed by atoms with Crippen molar-refractivity contribution in [2.24, 2.45) is 0 Å². The van der Waals surface area contributed by atoms with Gasteiger partial charge in [0.2, 0.25) is 0 Å². The number of nitrogens with zero attached hydrogens (tertiary/aromatic N) is 1. The maximum atomic E-state index is 13.2. The van der Waals surface area contributed by atoms with E-state index in [4.69, 9.17) is 0 Å². The van der Waals surface area contributed by atoms with Crippen molar-refractivity contribution in [3.05, 3.63) is 35.4 Å². The highest BCUT2D eigenvalue weighted by molar-refractivity contribution is 5.29. The van der Waals surface area contributed by atoms with Crippen molar-refractivity contribution in [2.75, 3.05) is 32.9 Å². The van der Waals surface area contributed by atoms with Crippen LogP contribution in [0, 0.1) is 6.92 Å². The van der Waals surface area contributed by atoms with Gasteiger partial charge in [-0.1, -0.05) is 24.3 Å². The van der Waals surface area contributed by atoms with E-state index in [1.165, 1.54) is 5.56 Å². The van der Waals surface area contributed by atoms with Crippen LogP contribution in [-0.2, 0) is 0 Å². The van der Waals surface area contributed by atoms with E-state index < -0.39 is 0 Å². The molecule has 1 aromatic carbocycles.